The lowest BCUT2D eigenvalue weighted by atomic mass is 10.1. The van der Waals surface area contributed by atoms with Crippen LogP contribution in [-0.2, 0) is 9.47 Å². The number of hydrogen-bond donors (Lipinski definition) is 2. The molecule has 0 radical (unpaired) electrons. The number of terminal acetylenes is 1. The molecule has 2 heterocycles. The molecule has 4 rings (SSSR count). The monoisotopic (exact) mass is 434 g/mol. The van der Waals surface area contributed by atoms with Gasteiger partial charge < -0.3 is 24.8 Å². The second-order valence-electron chi connectivity index (χ2n) is 6.74. The molecule has 31 heavy (non-hydrogen) atoms. The van der Waals surface area contributed by atoms with Crippen molar-refractivity contribution in [2.75, 3.05) is 11.9 Å². The van der Waals surface area contributed by atoms with Gasteiger partial charge in [-0.3, -0.25) is 0 Å². The van der Waals surface area contributed by atoms with E-state index in [1.165, 1.54) is 12.1 Å². The Bertz CT molecular complexity index is 858. The van der Waals surface area contributed by atoms with Crippen LogP contribution < -0.4 is 15.4 Å². The Morgan fingerprint density at radius 1 is 1.10 bits per heavy atom. The van der Waals surface area contributed by atoms with Crippen molar-refractivity contribution < 1.29 is 32.2 Å². The molecular formula is C22H21F3N2O4. The molecule has 0 aromatic heterocycles. The molecule has 1 unspecified atom stereocenters. The van der Waals surface area contributed by atoms with Crippen LogP contribution in [0.15, 0.2) is 60.7 Å². The van der Waals surface area contributed by atoms with Gasteiger partial charge in [0.05, 0.1) is 12.1 Å². The van der Waals surface area contributed by atoms with Crippen molar-refractivity contribution in [1.29, 1.82) is 0 Å². The van der Waals surface area contributed by atoms with Gasteiger partial charge in [0.15, 0.2) is 0 Å². The zero-order chi connectivity index (χ0) is 22.3. The minimum Gasteiger partial charge on any atom is -0.406 e. The molecule has 2 N–H and O–H groups in total. The van der Waals surface area contributed by atoms with Crippen LogP contribution in [0.2, 0.25) is 0 Å². The summed E-state index contributed by atoms with van der Waals surface area (Å²) in [6.45, 7) is 0.535. The van der Waals surface area contributed by atoms with Crippen molar-refractivity contribution >= 4 is 11.7 Å². The summed E-state index contributed by atoms with van der Waals surface area (Å²) >= 11 is 0. The summed E-state index contributed by atoms with van der Waals surface area (Å²) < 4.78 is 51.3. The predicted molar refractivity (Wildman–Crippen MR) is 107 cm³/mol. The quantitative estimate of drug-likeness (QED) is 0.718. The van der Waals surface area contributed by atoms with Gasteiger partial charge in [-0.25, -0.2) is 4.79 Å². The molecule has 2 fully saturated rings. The topological polar surface area (TPSA) is 68.8 Å². The minimum absolute atomic E-state index is 0.148. The van der Waals surface area contributed by atoms with Gasteiger partial charge in [-0.2, -0.15) is 0 Å². The third-order valence-electron chi connectivity index (χ3n) is 4.56. The SMILES string of the molecule is C#CC1O[C@@H]2CCO[C@@H]2[C@H]1NC(=O)Nc1ccc(OC(F)(F)F)cc1.c1ccccc1. The van der Waals surface area contributed by atoms with Crippen LogP contribution in [0.3, 0.4) is 0 Å². The highest BCUT2D eigenvalue weighted by Gasteiger charge is 2.48. The number of carbonyl (C=O) groups excluding carboxylic acids is 1. The number of alkyl halides is 3. The van der Waals surface area contributed by atoms with Crippen LogP contribution in [0.1, 0.15) is 6.42 Å². The van der Waals surface area contributed by atoms with Crippen molar-refractivity contribution in [3.05, 3.63) is 60.7 Å². The number of anilines is 1. The highest BCUT2D eigenvalue weighted by molar-refractivity contribution is 5.89. The van der Waals surface area contributed by atoms with E-state index in [-0.39, 0.29) is 18.0 Å². The third-order valence-corrected chi connectivity index (χ3v) is 4.56. The normalized spacial score (nSPS) is 24.2. The fourth-order valence-corrected chi connectivity index (χ4v) is 3.26. The van der Waals surface area contributed by atoms with Crippen LogP contribution in [-0.4, -0.2) is 43.4 Å². The van der Waals surface area contributed by atoms with E-state index in [0.717, 1.165) is 12.1 Å². The Labute approximate surface area is 177 Å². The van der Waals surface area contributed by atoms with Gasteiger partial charge >= 0.3 is 12.4 Å². The molecule has 9 heteroatoms. The predicted octanol–water partition coefficient (Wildman–Crippen LogP) is 3.95. The maximum atomic E-state index is 12.1. The van der Waals surface area contributed by atoms with Gasteiger partial charge in [0.1, 0.15) is 18.0 Å². The lowest BCUT2D eigenvalue weighted by Gasteiger charge is -2.20. The molecular weight excluding hydrogens is 413 g/mol. The summed E-state index contributed by atoms with van der Waals surface area (Å²) in [5, 5.41) is 5.22. The first-order valence-corrected chi connectivity index (χ1v) is 9.52. The van der Waals surface area contributed by atoms with E-state index in [9.17, 15) is 18.0 Å². The van der Waals surface area contributed by atoms with Crippen LogP contribution in [0.25, 0.3) is 0 Å². The zero-order valence-electron chi connectivity index (χ0n) is 16.3. The van der Waals surface area contributed by atoms with E-state index in [0.29, 0.717) is 18.7 Å². The van der Waals surface area contributed by atoms with Crippen molar-refractivity contribution in [3.63, 3.8) is 0 Å². The van der Waals surface area contributed by atoms with E-state index in [4.69, 9.17) is 15.9 Å². The largest absolute Gasteiger partial charge is 0.573 e. The first-order chi connectivity index (χ1) is 14.9. The number of halogens is 3. The van der Waals surface area contributed by atoms with E-state index < -0.39 is 24.5 Å². The fraction of sp³-hybridized carbons (Fsp3) is 0.318. The Morgan fingerprint density at radius 2 is 1.71 bits per heavy atom. The standard InChI is InChI=1S/C16H15F3N2O4.C6H6/c1-2-11-13(14-12(24-11)7-8-23-14)21-15(22)20-9-3-5-10(6-4-9)25-16(17,18)19;1-2-4-6-5-3-1/h1,3-6,11-14H,7-8H2,(H2,20,21,22);1-6H/t11?,12-,13+,14+;/m1./s1. The van der Waals surface area contributed by atoms with Crippen molar-refractivity contribution in [3.8, 4) is 18.1 Å². The summed E-state index contributed by atoms with van der Waals surface area (Å²) in [6.07, 6.45) is 0.307. The lowest BCUT2D eigenvalue weighted by Crippen LogP contribution is -2.48. The minimum atomic E-state index is -4.77. The number of rotatable bonds is 3. The van der Waals surface area contributed by atoms with Crippen molar-refractivity contribution in [1.82, 2.24) is 5.32 Å². The molecule has 2 aromatic rings. The van der Waals surface area contributed by atoms with Crippen LogP contribution in [0.4, 0.5) is 23.7 Å². The van der Waals surface area contributed by atoms with Gasteiger partial charge in [0.25, 0.3) is 0 Å². The number of ether oxygens (including phenoxy) is 3. The van der Waals surface area contributed by atoms with Gasteiger partial charge in [0, 0.05) is 12.3 Å². The van der Waals surface area contributed by atoms with Gasteiger partial charge in [-0.05, 0) is 30.7 Å². The molecule has 4 atom stereocenters. The van der Waals surface area contributed by atoms with Crippen molar-refractivity contribution in [2.45, 2.75) is 37.1 Å². The second kappa shape index (κ2) is 10.2. The molecule has 2 aliphatic heterocycles. The smallest absolute Gasteiger partial charge is 0.406 e. The van der Waals surface area contributed by atoms with E-state index in [1.807, 2.05) is 36.4 Å². The Morgan fingerprint density at radius 3 is 2.26 bits per heavy atom. The molecule has 164 valence electrons. The molecule has 2 aromatic carbocycles. The number of fused-ring (bicyclic) bond motifs is 1. The summed E-state index contributed by atoms with van der Waals surface area (Å²) in [5.41, 5.74) is 0.298. The molecule has 0 bridgehead atoms. The number of amides is 2. The van der Waals surface area contributed by atoms with E-state index in [2.05, 4.69) is 21.3 Å². The van der Waals surface area contributed by atoms with Crippen LogP contribution in [0, 0.1) is 12.3 Å². The summed E-state index contributed by atoms with van der Waals surface area (Å²) in [4.78, 5) is 12.1. The molecule has 0 saturated carbocycles. The van der Waals surface area contributed by atoms with Crippen LogP contribution >= 0.6 is 0 Å². The number of hydrogen-bond acceptors (Lipinski definition) is 4. The summed E-state index contributed by atoms with van der Waals surface area (Å²) in [5.74, 6) is 2.10. The summed E-state index contributed by atoms with van der Waals surface area (Å²) in [6, 6.07) is 15.7. The average molecular weight is 434 g/mol. The maximum Gasteiger partial charge on any atom is 0.573 e. The fourth-order valence-electron chi connectivity index (χ4n) is 3.26. The van der Waals surface area contributed by atoms with E-state index in [1.54, 1.807) is 0 Å². The number of urea groups is 1. The molecule has 0 spiro atoms. The van der Waals surface area contributed by atoms with Gasteiger partial charge in [0.2, 0.25) is 0 Å². The highest BCUT2D eigenvalue weighted by atomic mass is 19.4. The molecule has 6 nitrogen and oxygen atoms in total. The Kier molecular flexibility index (Phi) is 7.39. The molecule has 2 aliphatic rings. The molecule has 2 amide bonds. The van der Waals surface area contributed by atoms with Crippen LogP contribution in [0.5, 0.6) is 5.75 Å². The Hall–Kier alpha value is -3.22. The Balaban J connectivity index is 0.000000391. The van der Waals surface area contributed by atoms with Gasteiger partial charge in [-0.1, -0.05) is 42.3 Å². The molecule has 2 saturated heterocycles. The summed E-state index contributed by atoms with van der Waals surface area (Å²) in [7, 11) is 0. The zero-order valence-corrected chi connectivity index (χ0v) is 16.3. The average Bonchev–Trinajstić information content (AvgIpc) is 3.32. The maximum absolute atomic E-state index is 12.1. The highest BCUT2D eigenvalue weighted by Crippen LogP contribution is 2.31. The number of benzene rings is 2. The van der Waals surface area contributed by atoms with Gasteiger partial charge in [-0.15, -0.1) is 19.6 Å². The first kappa shape index (κ1) is 22.5. The first-order valence-electron chi connectivity index (χ1n) is 9.52. The van der Waals surface area contributed by atoms with E-state index >= 15 is 0 Å². The third kappa shape index (κ3) is 6.64. The number of nitrogens with one attached hydrogen (secondary N) is 2. The second-order valence-corrected chi connectivity index (χ2v) is 6.74. The number of carbonyl (C=O) groups is 1. The molecule has 0 aliphatic carbocycles. The van der Waals surface area contributed by atoms with Crippen molar-refractivity contribution in [2.24, 2.45) is 0 Å². The lowest BCUT2D eigenvalue weighted by molar-refractivity contribution is -0.274.